The molecule has 0 saturated carbocycles. The van der Waals surface area contributed by atoms with E-state index in [0.717, 1.165) is 24.2 Å². The number of methoxy groups -OCH3 is 1. The smallest absolute Gasteiger partial charge is 0.255 e. The topological polar surface area (TPSA) is 104 Å². The molecule has 23 heavy (non-hydrogen) atoms. The minimum Gasteiger partial charge on any atom is -0.494 e. The van der Waals surface area contributed by atoms with Gasteiger partial charge in [0, 0.05) is 6.54 Å². The molecule has 2 atom stereocenters. The molecule has 0 bridgehead atoms. The first-order valence-corrected chi connectivity index (χ1v) is 9.42. The summed E-state index contributed by atoms with van der Waals surface area (Å²) in [7, 11) is -2.17. The van der Waals surface area contributed by atoms with E-state index in [0.29, 0.717) is 17.5 Å². The van der Waals surface area contributed by atoms with Gasteiger partial charge in [-0.1, -0.05) is 5.16 Å². The van der Waals surface area contributed by atoms with Crippen LogP contribution >= 0.6 is 11.3 Å². The number of hydrogen-bond acceptors (Lipinski definition) is 8. The number of aryl methyl sites for hydroxylation is 1. The standard InChI is InChI=1S/C13H17N3O5S2/c1-8-15-12(21-16-8)10-4-3-9(20-10)7-14-23(17,18)13-11(19-2)5-6-22-13/h5-6,9-10,14H,3-4,7H2,1-2H3/t9-,10+/m1/s1. The van der Waals surface area contributed by atoms with E-state index in [-0.39, 0.29) is 23.0 Å². The highest BCUT2D eigenvalue weighted by atomic mass is 32.2. The number of hydrogen-bond donors (Lipinski definition) is 1. The monoisotopic (exact) mass is 359 g/mol. The van der Waals surface area contributed by atoms with Crippen LogP contribution in [0.15, 0.2) is 20.2 Å². The molecule has 0 unspecified atom stereocenters. The zero-order valence-electron chi connectivity index (χ0n) is 12.7. The van der Waals surface area contributed by atoms with Crippen LogP contribution in [0.4, 0.5) is 0 Å². The Bertz CT molecular complexity index is 770. The summed E-state index contributed by atoms with van der Waals surface area (Å²) < 4.78 is 43.3. The average Bonchev–Trinajstić information content (AvgIpc) is 3.25. The van der Waals surface area contributed by atoms with Gasteiger partial charge in [-0.05, 0) is 31.2 Å². The van der Waals surface area contributed by atoms with Crippen molar-refractivity contribution in [3.8, 4) is 5.75 Å². The number of sulfonamides is 1. The predicted octanol–water partition coefficient (Wildman–Crippen LogP) is 1.65. The fourth-order valence-corrected chi connectivity index (χ4v) is 4.77. The lowest BCUT2D eigenvalue weighted by Gasteiger charge is -2.12. The van der Waals surface area contributed by atoms with Crippen molar-refractivity contribution in [2.75, 3.05) is 13.7 Å². The molecular weight excluding hydrogens is 342 g/mol. The van der Waals surface area contributed by atoms with Gasteiger partial charge in [-0.3, -0.25) is 0 Å². The van der Waals surface area contributed by atoms with Gasteiger partial charge in [0.15, 0.2) is 10.0 Å². The number of nitrogens with one attached hydrogen (secondary N) is 1. The summed E-state index contributed by atoms with van der Waals surface area (Å²) in [6.07, 6.45) is 0.932. The maximum absolute atomic E-state index is 12.3. The SMILES string of the molecule is COc1ccsc1S(=O)(=O)NC[C@H]1CC[C@@H](c2nc(C)no2)O1. The van der Waals surface area contributed by atoms with Crippen LogP contribution < -0.4 is 9.46 Å². The molecule has 0 amide bonds. The van der Waals surface area contributed by atoms with Crippen LogP contribution in [0.3, 0.4) is 0 Å². The first-order valence-electron chi connectivity index (χ1n) is 7.06. The first-order chi connectivity index (χ1) is 11.0. The molecule has 0 aromatic carbocycles. The Kier molecular flexibility index (Phi) is 4.67. The van der Waals surface area contributed by atoms with Gasteiger partial charge in [0.2, 0.25) is 0 Å². The molecule has 2 aromatic heterocycles. The zero-order valence-corrected chi connectivity index (χ0v) is 14.3. The number of rotatable bonds is 6. The van der Waals surface area contributed by atoms with Crippen molar-refractivity contribution < 1.29 is 22.4 Å². The second kappa shape index (κ2) is 6.56. The normalized spacial score (nSPS) is 21.7. The first kappa shape index (κ1) is 16.4. The Labute approximate surface area is 137 Å². The maximum atomic E-state index is 12.3. The van der Waals surface area contributed by atoms with E-state index >= 15 is 0 Å². The Morgan fingerprint density at radius 1 is 1.48 bits per heavy atom. The van der Waals surface area contributed by atoms with Gasteiger partial charge in [-0.15, -0.1) is 11.3 Å². The minimum atomic E-state index is -3.61. The molecule has 1 N–H and O–H groups in total. The highest BCUT2D eigenvalue weighted by Gasteiger charge is 2.32. The third-order valence-corrected chi connectivity index (χ3v) is 6.36. The molecule has 1 saturated heterocycles. The van der Waals surface area contributed by atoms with Crippen LogP contribution in [-0.4, -0.2) is 38.3 Å². The molecule has 1 fully saturated rings. The number of ether oxygens (including phenoxy) is 2. The van der Waals surface area contributed by atoms with Crippen molar-refractivity contribution in [3.05, 3.63) is 23.2 Å². The highest BCUT2D eigenvalue weighted by molar-refractivity contribution is 7.91. The second-order valence-corrected chi connectivity index (χ2v) is 8.01. The molecule has 3 heterocycles. The summed E-state index contributed by atoms with van der Waals surface area (Å²) in [5.41, 5.74) is 0. The Morgan fingerprint density at radius 2 is 2.30 bits per heavy atom. The summed E-state index contributed by atoms with van der Waals surface area (Å²) in [5.74, 6) is 1.33. The molecular formula is C13H17N3O5S2. The van der Waals surface area contributed by atoms with E-state index in [9.17, 15) is 8.42 Å². The van der Waals surface area contributed by atoms with Gasteiger partial charge < -0.3 is 14.0 Å². The summed E-state index contributed by atoms with van der Waals surface area (Å²) >= 11 is 1.11. The molecule has 126 valence electrons. The van der Waals surface area contributed by atoms with Gasteiger partial charge in [0.1, 0.15) is 11.9 Å². The molecule has 0 aliphatic carbocycles. The molecule has 8 nitrogen and oxygen atoms in total. The van der Waals surface area contributed by atoms with E-state index in [2.05, 4.69) is 14.9 Å². The second-order valence-electron chi connectivity index (χ2n) is 5.13. The fourth-order valence-electron chi connectivity index (χ4n) is 2.38. The predicted molar refractivity (Wildman–Crippen MR) is 81.9 cm³/mol. The van der Waals surface area contributed by atoms with E-state index in [1.54, 1.807) is 18.4 Å². The molecule has 2 aromatic rings. The van der Waals surface area contributed by atoms with Crippen molar-refractivity contribution >= 4 is 21.4 Å². The Morgan fingerprint density at radius 3 is 3.00 bits per heavy atom. The van der Waals surface area contributed by atoms with Crippen LogP contribution in [0.5, 0.6) is 5.75 Å². The summed E-state index contributed by atoms with van der Waals surface area (Å²) in [6.45, 7) is 1.93. The molecule has 0 spiro atoms. The van der Waals surface area contributed by atoms with Gasteiger partial charge in [-0.25, -0.2) is 13.1 Å². The Balaban J connectivity index is 1.59. The molecule has 1 aliphatic rings. The summed E-state index contributed by atoms with van der Waals surface area (Å²) in [6, 6.07) is 1.62. The number of nitrogens with zero attached hydrogens (tertiary/aromatic N) is 2. The lowest BCUT2D eigenvalue weighted by molar-refractivity contribution is 0.0290. The van der Waals surface area contributed by atoms with Gasteiger partial charge in [0.25, 0.3) is 15.9 Å². The lowest BCUT2D eigenvalue weighted by Crippen LogP contribution is -2.31. The van der Waals surface area contributed by atoms with Crippen LogP contribution in [0.25, 0.3) is 0 Å². The van der Waals surface area contributed by atoms with Crippen molar-refractivity contribution in [1.29, 1.82) is 0 Å². The summed E-state index contributed by atoms with van der Waals surface area (Å²) in [4.78, 5) is 4.14. The van der Waals surface area contributed by atoms with E-state index in [1.165, 1.54) is 7.11 Å². The van der Waals surface area contributed by atoms with Gasteiger partial charge >= 0.3 is 0 Å². The summed E-state index contributed by atoms with van der Waals surface area (Å²) in [5, 5.41) is 5.41. The quantitative estimate of drug-likeness (QED) is 0.836. The van der Waals surface area contributed by atoms with Crippen molar-refractivity contribution in [1.82, 2.24) is 14.9 Å². The van der Waals surface area contributed by atoms with E-state index in [1.807, 2.05) is 0 Å². The third kappa shape index (κ3) is 3.55. The largest absolute Gasteiger partial charge is 0.494 e. The van der Waals surface area contributed by atoms with Crippen LogP contribution in [-0.2, 0) is 14.8 Å². The van der Waals surface area contributed by atoms with Crippen molar-refractivity contribution in [2.45, 2.75) is 36.2 Å². The minimum absolute atomic E-state index is 0.169. The molecule has 0 radical (unpaired) electrons. The van der Waals surface area contributed by atoms with Crippen LogP contribution in [0.1, 0.15) is 30.7 Å². The average molecular weight is 359 g/mol. The van der Waals surface area contributed by atoms with Crippen LogP contribution in [0, 0.1) is 6.92 Å². The zero-order chi connectivity index (χ0) is 16.4. The van der Waals surface area contributed by atoms with Crippen molar-refractivity contribution in [2.24, 2.45) is 0 Å². The van der Waals surface area contributed by atoms with E-state index in [4.69, 9.17) is 14.0 Å². The van der Waals surface area contributed by atoms with Gasteiger partial charge in [0.05, 0.1) is 13.2 Å². The lowest BCUT2D eigenvalue weighted by atomic mass is 10.2. The maximum Gasteiger partial charge on any atom is 0.255 e. The molecule has 10 heteroatoms. The van der Waals surface area contributed by atoms with E-state index < -0.39 is 10.0 Å². The van der Waals surface area contributed by atoms with Crippen LogP contribution in [0.2, 0.25) is 0 Å². The molecule has 1 aliphatic heterocycles. The highest BCUT2D eigenvalue weighted by Crippen LogP contribution is 2.32. The fraction of sp³-hybridized carbons (Fsp3) is 0.538. The number of thiophene rings is 1. The number of aromatic nitrogens is 2. The third-order valence-electron chi connectivity index (χ3n) is 3.49. The van der Waals surface area contributed by atoms with Gasteiger partial charge in [-0.2, -0.15) is 4.98 Å². The Hall–Kier alpha value is -1.49. The molecule has 3 rings (SSSR count). The van der Waals surface area contributed by atoms with Crippen molar-refractivity contribution in [3.63, 3.8) is 0 Å².